The van der Waals surface area contributed by atoms with Gasteiger partial charge in [0.1, 0.15) is 5.82 Å². The van der Waals surface area contributed by atoms with E-state index in [4.69, 9.17) is 4.74 Å². The van der Waals surface area contributed by atoms with Crippen molar-refractivity contribution in [3.63, 3.8) is 0 Å². The van der Waals surface area contributed by atoms with E-state index in [0.29, 0.717) is 12.5 Å². The summed E-state index contributed by atoms with van der Waals surface area (Å²) in [5.41, 5.74) is 0. The Bertz CT molecular complexity index is 426. The summed E-state index contributed by atoms with van der Waals surface area (Å²) in [5, 5.41) is 11.3. The molecular weight excluding hydrogens is 262 g/mol. The zero-order valence-corrected chi connectivity index (χ0v) is 12.1. The number of rotatable bonds is 2. The Kier molecular flexibility index (Phi) is 4.00. The lowest BCUT2D eigenvalue weighted by Gasteiger charge is -2.43. The maximum absolute atomic E-state index is 10.3. The molecule has 3 atom stereocenters. The third-order valence-electron chi connectivity index (χ3n) is 4.20. The largest absolute Gasteiger partial charge is 0.393 e. The van der Waals surface area contributed by atoms with Crippen molar-refractivity contribution in [1.82, 2.24) is 9.36 Å². The third kappa shape index (κ3) is 2.75. The molecule has 0 bridgehead atoms. The van der Waals surface area contributed by atoms with E-state index in [1.165, 1.54) is 18.0 Å². The van der Waals surface area contributed by atoms with Crippen LogP contribution in [-0.2, 0) is 4.74 Å². The summed E-state index contributed by atoms with van der Waals surface area (Å²) in [5.74, 6) is 1.13. The van der Waals surface area contributed by atoms with E-state index in [0.717, 1.165) is 43.4 Å². The molecule has 1 saturated carbocycles. The van der Waals surface area contributed by atoms with Crippen molar-refractivity contribution in [2.45, 2.75) is 44.8 Å². The molecule has 106 valence electrons. The first-order valence-electron chi connectivity index (χ1n) is 7.08. The first-order chi connectivity index (χ1) is 9.25. The molecule has 5 nitrogen and oxygen atoms in total. The number of aliphatic hydroxyl groups is 1. The van der Waals surface area contributed by atoms with Crippen LogP contribution in [0.25, 0.3) is 0 Å². The van der Waals surface area contributed by atoms with Gasteiger partial charge in [-0.25, -0.2) is 4.98 Å². The molecule has 2 fully saturated rings. The third-order valence-corrected chi connectivity index (χ3v) is 5.05. The van der Waals surface area contributed by atoms with E-state index in [-0.39, 0.29) is 12.1 Å². The van der Waals surface area contributed by atoms with E-state index < -0.39 is 0 Å². The highest BCUT2D eigenvalue weighted by Crippen LogP contribution is 2.33. The van der Waals surface area contributed by atoms with Gasteiger partial charge in [-0.3, -0.25) is 0 Å². The lowest BCUT2D eigenvalue weighted by molar-refractivity contribution is 0.00866. The van der Waals surface area contributed by atoms with Gasteiger partial charge < -0.3 is 14.7 Å². The fraction of sp³-hybridized carbons (Fsp3) is 0.846. The first kappa shape index (κ1) is 13.3. The molecule has 0 radical (unpaired) electrons. The Morgan fingerprint density at radius 1 is 1.37 bits per heavy atom. The summed E-state index contributed by atoms with van der Waals surface area (Å²) < 4.78 is 9.92. The number of aryl methyl sites for hydroxylation is 1. The fourth-order valence-corrected chi connectivity index (χ4v) is 3.97. The molecule has 19 heavy (non-hydrogen) atoms. The van der Waals surface area contributed by atoms with Crippen LogP contribution in [0.3, 0.4) is 0 Å². The fourth-order valence-electron chi connectivity index (χ4n) is 3.21. The second kappa shape index (κ2) is 5.73. The van der Waals surface area contributed by atoms with Crippen LogP contribution in [0, 0.1) is 12.8 Å². The number of hydrogen-bond donors (Lipinski definition) is 1. The molecule has 3 rings (SSSR count). The van der Waals surface area contributed by atoms with E-state index in [1.807, 2.05) is 6.92 Å². The number of aliphatic hydroxyl groups excluding tert-OH is 1. The lowest BCUT2D eigenvalue weighted by atomic mass is 9.81. The Morgan fingerprint density at radius 2 is 2.21 bits per heavy atom. The molecule has 1 aliphatic carbocycles. The van der Waals surface area contributed by atoms with Crippen LogP contribution in [0.5, 0.6) is 0 Å². The van der Waals surface area contributed by atoms with Gasteiger partial charge in [0.05, 0.1) is 25.4 Å². The number of morpholine rings is 1. The molecule has 1 N–H and O–H groups in total. The molecule has 2 heterocycles. The lowest BCUT2D eigenvalue weighted by Crippen LogP contribution is -2.53. The summed E-state index contributed by atoms with van der Waals surface area (Å²) in [6.45, 7) is 4.20. The smallest absolute Gasteiger partial charge is 0.205 e. The van der Waals surface area contributed by atoms with Crippen molar-refractivity contribution in [2.24, 2.45) is 5.92 Å². The van der Waals surface area contributed by atoms with Crippen LogP contribution >= 0.6 is 11.5 Å². The van der Waals surface area contributed by atoms with Crippen LogP contribution in [0.15, 0.2) is 0 Å². The molecule has 1 saturated heterocycles. The predicted octanol–water partition coefficient (Wildman–Crippen LogP) is 1.60. The van der Waals surface area contributed by atoms with Gasteiger partial charge in [-0.15, -0.1) is 0 Å². The molecule has 0 unspecified atom stereocenters. The average molecular weight is 283 g/mol. The monoisotopic (exact) mass is 283 g/mol. The molecule has 1 aromatic rings. The van der Waals surface area contributed by atoms with Gasteiger partial charge in [-0.05, 0) is 19.8 Å². The molecule has 0 amide bonds. The number of aromatic nitrogens is 2. The highest BCUT2D eigenvalue weighted by atomic mass is 32.1. The van der Waals surface area contributed by atoms with Crippen LogP contribution in [-0.4, -0.2) is 46.4 Å². The van der Waals surface area contributed by atoms with E-state index in [9.17, 15) is 5.11 Å². The molecule has 0 spiro atoms. The summed E-state index contributed by atoms with van der Waals surface area (Å²) in [7, 11) is 0. The summed E-state index contributed by atoms with van der Waals surface area (Å²) in [4.78, 5) is 6.80. The van der Waals surface area contributed by atoms with Gasteiger partial charge >= 0.3 is 0 Å². The van der Waals surface area contributed by atoms with Gasteiger partial charge in [-0.1, -0.05) is 12.8 Å². The van der Waals surface area contributed by atoms with Crippen molar-refractivity contribution in [3.05, 3.63) is 5.82 Å². The van der Waals surface area contributed by atoms with Gasteiger partial charge in [0, 0.05) is 24.0 Å². The first-order valence-corrected chi connectivity index (χ1v) is 7.86. The molecular formula is C13H21N3O2S. The van der Waals surface area contributed by atoms with E-state index in [1.54, 1.807) is 0 Å². The Labute approximate surface area is 117 Å². The van der Waals surface area contributed by atoms with Crippen molar-refractivity contribution in [3.8, 4) is 0 Å². The predicted molar refractivity (Wildman–Crippen MR) is 74.6 cm³/mol. The molecule has 6 heteroatoms. The van der Waals surface area contributed by atoms with Gasteiger partial charge in [-0.2, -0.15) is 4.37 Å². The number of nitrogens with zero attached hydrogens (tertiary/aromatic N) is 3. The maximum atomic E-state index is 10.3. The standard InChI is InChI=1S/C13H21N3O2S/c1-9-14-13(19-15-9)16-6-7-18-8-11(16)10-4-2-3-5-12(10)17/h10-12,17H,2-8H2,1H3/t10-,11-,12-/m1/s1. The van der Waals surface area contributed by atoms with Crippen LogP contribution in [0.4, 0.5) is 5.13 Å². The molecule has 2 aliphatic rings. The van der Waals surface area contributed by atoms with Crippen molar-refractivity contribution >= 4 is 16.7 Å². The van der Waals surface area contributed by atoms with Crippen LogP contribution in [0.1, 0.15) is 31.5 Å². The molecule has 1 aromatic heterocycles. The molecule has 0 aromatic carbocycles. The van der Waals surface area contributed by atoms with Crippen LogP contribution in [0.2, 0.25) is 0 Å². The zero-order chi connectivity index (χ0) is 13.2. The van der Waals surface area contributed by atoms with Crippen molar-refractivity contribution < 1.29 is 9.84 Å². The second-order valence-electron chi connectivity index (χ2n) is 5.48. The number of anilines is 1. The van der Waals surface area contributed by atoms with Gasteiger partial charge in [0.25, 0.3) is 0 Å². The Hall–Kier alpha value is -0.720. The number of hydrogen-bond acceptors (Lipinski definition) is 6. The number of ether oxygens (including phenoxy) is 1. The minimum Gasteiger partial charge on any atom is -0.393 e. The highest BCUT2D eigenvalue weighted by Gasteiger charge is 2.37. The Balaban J connectivity index is 1.80. The SMILES string of the molecule is Cc1nsc(N2CCOC[C@@H]2[C@H]2CCCC[C@H]2O)n1. The van der Waals surface area contributed by atoms with Crippen LogP contribution < -0.4 is 4.90 Å². The average Bonchev–Trinajstić information content (AvgIpc) is 2.86. The summed E-state index contributed by atoms with van der Waals surface area (Å²) in [6, 6.07) is 0.247. The molecule has 1 aliphatic heterocycles. The zero-order valence-electron chi connectivity index (χ0n) is 11.3. The maximum Gasteiger partial charge on any atom is 0.205 e. The Morgan fingerprint density at radius 3 is 2.95 bits per heavy atom. The minimum absolute atomic E-state index is 0.197. The summed E-state index contributed by atoms with van der Waals surface area (Å²) in [6.07, 6.45) is 4.16. The van der Waals surface area contributed by atoms with E-state index in [2.05, 4.69) is 14.3 Å². The van der Waals surface area contributed by atoms with Gasteiger partial charge in [0.15, 0.2) is 0 Å². The topological polar surface area (TPSA) is 58.5 Å². The summed E-state index contributed by atoms with van der Waals surface area (Å²) >= 11 is 1.45. The van der Waals surface area contributed by atoms with Crippen molar-refractivity contribution in [2.75, 3.05) is 24.7 Å². The minimum atomic E-state index is -0.197. The van der Waals surface area contributed by atoms with E-state index >= 15 is 0 Å². The van der Waals surface area contributed by atoms with Crippen molar-refractivity contribution in [1.29, 1.82) is 0 Å². The quantitative estimate of drug-likeness (QED) is 0.893. The highest BCUT2D eigenvalue weighted by molar-refractivity contribution is 7.09. The van der Waals surface area contributed by atoms with Gasteiger partial charge in [0.2, 0.25) is 5.13 Å². The second-order valence-corrected chi connectivity index (χ2v) is 6.21. The normalized spacial score (nSPS) is 32.5.